The van der Waals surface area contributed by atoms with Gasteiger partial charge in [-0.05, 0) is 35.2 Å². The van der Waals surface area contributed by atoms with E-state index in [0.717, 1.165) is 12.0 Å². The molecule has 5 heteroatoms. The number of rotatable bonds is 8. The highest BCUT2D eigenvalue weighted by molar-refractivity contribution is 5.78. The summed E-state index contributed by atoms with van der Waals surface area (Å²) < 4.78 is 22.1. The van der Waals surface area contributed by atoms with E-state index in [2.05, 4.69) is 32.9 Å². The van der Waals surface area contributed by atoms with Crippen LogP contribution in [-0.2, 0) is 5.41 Å². The fourth-order valence-electron chi connectivity index (χ4n) is 2.46. The molecule has 2 aromatic carbocycles. The molecule has 0 unspecified atom stereocenters. The van der Waals surface area contributed by atoms with Gasteiger partial charge in [0.2, 0.25) is 5.75 Å². The highest BCUT2D eigenvalue weighted by atomic mass is 16.6. The van der Waals surface area contributed by atoms with Crippen LogP contribution in [0.3, 0.4) is 0 Å². The van der Waals surface area contributed by atoms with Gasteiger partial charge in [0.25, 0.3) is 0 Å². The van der Waals surface area contributed by atoms with E-state index < -0.39 is 0 Å². The molecule has 0 fully saturated rings. The van der Waals surface area contributed by atoms with E-state index in [9.17, 15) is 4.79 Å². The minimum absolute atomic E-state index is 0.114. The normalized spacial score (nSPS) is 11.0. The lowest BCUT2D eigenvalue weighted by atomic mass is 9.87. The van der Waals surface area contributed by atoms with Crippen LogP contribution in [0, 0.1) is 0 Å². The number of methoxy groups -OCH3 is 2. The smallest absolute Gasteiger partial charge is 0.203 e. The van der Waals surface area contributed by atoms with Crippen molar-refractivity contribution < 1.29 is 23.7 Å². The van der Waals surface area contributed by atoms with Crippen LogP contribution in [0.4, 0.5) is 0 Å². The van der Waals surface area contributed by atoms with Gasteiger partial charge in [0.15, 0.2) is 11.5 Å². The zero-order chi connectivity index (χ0) is 19.2. The van der Waals surface area contributed by atoms with Gasteiger partial charge in [-0.3, -0.25) is 4.79 Å². The van der Waals surface area contributed by atoms with E-state index >= 15 is 0 Å². The number of hydrogen-bond acceptors (Lipinski definition) is 5. The Hall–Kier alpha value is -2.69. The summed E-state index contributed by atoms with van der Waals surface area (Å²) in [5, 5.41) is 0. The van der Waals surface area contributed by atoms with E-state index in [0.29, 0.717) is 36.0 Å². The van der Waals surface area contributed by atoms with Gasteiger partial charge in [-0.25, -0.2) is 0 Å². The Kier molecular flexibility index (Phi) is 6.50. The van der Waals surface area contributed by atoms with E-state index in [1.165, 1.54) is 19.8 Å². The number of ether oxygens (including phenoxy) is 4. The first-order valence-corrected chi connectivity index (χ1v) is 8.46. The molecule has 0 aliphatic carbocycles. The fourth-order valence-corrected chi connectivity index (χ4v) is 2.46. The molecular formula is C21H26O5. The Morgan fingerprint density at radius 2 is 1.42 bits per heavy atom. The molecule has 0 radical (unpaired) electrons. The molecule has 0 saturated carbocycles. The molecule has 0 heterocycles. The van der Waals surface area contributed by atoms with Crippen molar-refractivity contribution in [2.24, 2.45) is 0 Å². The van der Waals surface area contributed by atoms with E-state index in [4.69, 9.17) is 18.9 Å². The van der Waals surface area contributed by atoms with Gasteiger partial charge in [0.1, 0.15) is 25.2 Å². The van der Waals surface area contributed by atoms with E-state index in [-0.39, 0.29) is 5.41 Å². The van der Waals surface area contributed by atoms with E-state index in [1.807, 2.05) is 12.1 Å². The molecule has 0 bridgehead atoms. The molecule has 0 amide bonds. The lowest BCUT2D eigenvalue weighted by Gasteiger charge is -2.19. The summed E-state index contributed by atoms with van der Waals surface area (Å²) >= 11 is 0. The Balaban J connectivity index is 1.96. The molecular weight excluding hydrogens is 332 g/mol. The molecule has 0 N–H and O–H groups in total. The molecule has 5 nitrogen and oxygen atoms in total. The van der Waals surface area contributed by atoms with Crippen molar-refractivity contribution in [3.05, 3.63) is 47.5 Å². The molecule has 26 heavy (non-hydrogen) atoms. The maximum Gasteiger partial charge on any atom is 0.203 e. The first kappa shape index (κ1) is 19.6. The molecule has 0 saturated heterocycles. The number of carbonyl (C=O) groups is 1. The highest BCUT2D eigenvalue weighted by Gasteiger charge is 2.15. The second-order valence-corrected chi connectivity index (χ2v) is 6.84. The summed E-state index contributed by atoms with van der Waals surface area (Å²) in [5.41, 5.74) is 1.83. The standard InChI is InChI=1S/C21H26O5/c1-21(2,3)16-6-8-17(9-7-16)25-10-11-26-20-18(23-4)12-15(14-22)13-19(20)24-5/h6-9,12-14H,10-11H2,1-5H3. The molecule has 0 aliphatic heterocycles. The molecule has 2 rings (SSSR count). The largest absolute Gasteiger partial charge is 0.493 e. The summed E-state index contributed by atoms with van der Waals surface area (Å²) in [7, 11) is 3.03. The molecule has 0 atom stereocenters. The fraction of sp³-hybridized carbons (Fsp3) is 0.381. The van der Waals surface area contributed by atoms with Crippen molar-refractivity contribution in [3.63, 3.8) is 0 Å². The second-order valence-electron chi connectivity index (χ2n) is 6.84. The Morgan fingerprint density at radius 3 is 1.88 bits per heavy atom. The van der Waals surface area contributed by atoms with Gasteiger partial charge in [0.05, 0.1) is 14.2 Å². The van der Waals surface area contributed by atoms with Gasteiger partial charge >= 0.3 is 0 Å². The lowest BCUT2D eigenvalue weighted by molar-refractivity contribution is 0.112. The monoisotopic (exact) mass is 358 g/mol. The van der Waals surface area contributed by atoms with Crippen molar-refractivity contribution in [3.8, 4) is 23.0 Å². The Morgan fingerprint density at radius 1 is 0.885 bits per heavy atom. The van der Waals surface area contributed by atoms with Crippen LogP contribution in [-0.4, -0.2) is 33.7 Å². The number of aldehydes is 1. The van der Waals surface area contributed by atoms with Crippen LogP contribution in [0.1, 0.15) is 36.7 Å². The third-order valence-corrected chi connectivity index (χ3v) is 3.94. The third-order valence-electron chi connectivity index (χ3n) is 3.94. The van der Waals surface area contributed by atoms with Crippen LogP contribution < -0.4 is 18.9 Å². The zero-order valence-corrected chi connectivity index (χ0v) is 16.0. The summed E-state index contributed by atoms with van der Waals surface area (Å²) in [4.78, 5) is 11.0. The number of hydrogen-bond donors (Lipinski definition) is 0. The minimum atomic E-state index is 0.114. The van der Waals surface area contributed by atoms with Gasteiger partial charge < -0.3 is 18.9 Å². The molecule has 0 aliphatic rings. The number of carbonyl (C=O) groups excluding carboxylic acids is 1. The van der Waals surface area contributed by atoms with Gasteiger partial charge in [-0.2, -0.15) is 0 Å². The first-order chi connectivity index (χ1) is 12.4. The van der Waals surface area contributed by atoms with Crippen LogP contribution in [0.25, 0.3) is 0 Å². The molecule has 0 spiro atoms. The van der Waals surface area contributed by atoms with Crippen molar-refractivity contribution in [2.45, 2.75) is 26.2 Å². The van der Waals surface area contributed by atoms with Crippen LogP contribution >= 0.6 is 0 Å². The van der Waals surface area contributed by atoms with Crippen molar-refractivity contribution >= 4 is 6.29 Å². The summed E-state index contributed by atoms with van der Waals surface area (Å²) in [6.07, 6.45) is 0.735. The van der Waals surface area contributed by atoms with Crippen molar-refractivity contribution in [1.82, 2.24) is 0 Å². The number of benzene rings is 2. The highest BCUT2D eigenvalue weighted by Crippen LogP contribution is 2.38. The minimum Gasteiger partial charge on any atom is -0.493 e. The second kappa shape index (κ2) is 8.61. The lowest BCUT2D eigenvalue weighted by Crippen LogP contribution is -2.12. The Bertz CT molecular complexity index is 704. The Labute approximate surface area is 154 Å². The SMILES string of the molecule is COc1cc(C=O)cc(OC)c1OCCOc1ccc(C(C)(C)C)cc1. The van der Waals surface area contributed by atoms with Crippen molar-refractivity contribution in [2.75, 3.05) is 27.4 Å². The summed E-state index contributed by atoms with van der Waals surface area (Å²) in [6, 6.07) is 11.3. The quantitative estimate of drug-likeness (QED) is 0.521. The topological polar surface area (TPSA) is 54.0 Å². The average Bonchev–Trinajstić information content (AvgIpc) is 2.64. The van der Waals surface area contributed by atoms with Crippen LogP contribution in [0.15, 0.2) is 36.4 Å². The average molecular weight is 358 g/mol. The summed E-state index contributed by atoms with van der Waals surface area (Å²) in [5.74, 6) is 2.13. The van der Waals surface area contributed by atoms with Crippen molar-refractivity contribution in [1.29, 1.82) is 0 Å². The summed E-state index contributed by atoms with van der Waals surface area (Å²) in [6.45, 7) is 7.21. The van der Waals surface area contributed by atoms with Gasteiger partial charge in [-0.15, -0.1) is 0 Å². The molecule has 140 valence electrons. The molecule has 0 aromatic heterocycles. The molecule has 2 aromatic rings. The predicted molar refractivity (Wildman–Crippen MR) is 101 cm³/mol. The van der Waals surface area contributed by atoms with Gasteiger partial charge in [-0.1, -0.05) is 32.9 Å². The predicted octanol–water partition coefficient (Wildman–Crippen LogP) is 4.27. The maximum absolute atomic E-state index is 11.0. The zero-order valence-electron chi connectivity index (χ0n) is 16.0. The third kappa shape index (κ3) is 4.91. The first-order valence-electron chi connectivity index (χ1n) is 8.46. The maximum atomic E-state index is 11.0. The van der Waals surface area contributed by atoms with Crippen LogP contribution in [0.5, 0.6) is 23.0 Å². The van der Waals surface area contributed by atoms with E-state index in [1.54, 1.807) is 12.1 Å². The van der Waals surface area contributed by atoms with Crippen LogP contribution in [0.2, 0.25) is 0 Å². The van der Waals surface area contributed by atoms with Gasteiger partial charge in [0, 0.05) is 5.56 Å².